The molecule has 3 aromatic rings. The second-order valence-electron chi connectivity index (χ2n) is 21.1. The van der Waals surface area contributed by atoms with Crippen molar-refractivity contribution in [3.8, 4) is 11.5 Å². The summed E-state index contributed by atoms with van der Waals surface area (Å²) in [5, 5.41) is 78.7. The molecule has 32 nitrogen and oxygen atoms in total. The van der Waals surface area contributed by atoms with E-state index in [1.165, 1.54) is 48.5 Å². The van der Waals surface area contributed by atoms with Gasteiger partial charge in [-0.15, -0.1) is 0 Å². The Hall–Kier alpha value is -10.1. The number of aliphatic hydroxyl groups excluding tert-OH is 1. The average molecular weight is 1250 g/mol. The van der Waals surface area contributed by atoms with Crippen molar-refractivity contribution in [3.63, 3.8) is 0 Å². The molecular formula is C57H81N15O17. The summed E-state index contributed by atoms with van der Waals surface area (Å²) in [6.45, 7) is 2.33. The van der Waals surface area contributed by atoms with Crippen LogP contribution in [0.25, 0.3) is 0 Å². The Morgan fingerprint density at radius 1 is 0.438 bits per heavy atom. The second-order valence-corrected chi connectivity index (χ2v) is 21.1. The van der Waals surface area contributed by atoms with Gasteiger partial charge in [-0.25, -0.2) is 4.79 Å². The number of benzene rings is 3. The first kappa shape index (κ1) is 73.1. The quantitative estimate of drug-likeness (QED) is 0.0147. The minimum absolute atomic E-state index is 0.0265. The van der Waals surface area contributed by atoms with Gasteiger partial charge in [0.05, 0.1) is 19.1 Å². The first-order chi connectivity index (χ1) is 42.0. The number of carboxylic acids is 3. The zero-order valence-electron chi connectivity index (χ0n) is 49.1. The topological polar surface area (TPSA) is 560 Å². The second kappa shape index (κ2) is 37.4. The first-order valence-corrected chi connectivity index (χ1v) is 28.2. The summed E-state index contributed by atoms with van der Waals surface area (Å²) in [5.41, 5.74) is 29.1. The van der Waals surface area contributed by atoms with Crippen LogP contribution in [0.4, 0.5) is 0 Å². The van der Waals surface area contributed by atoms with Crippen LogP contribution in [-0.4, -0.2) is 182 Å². The molecule has 24 N–H and O–H groups in total. The summed E-state index contributed by atoms with van der Waals surface area (Å²) in [4.78, 5) is 156. The fourth-order valence-electron chi connectivity index (χ4n) is 8.65. The standard InChI is InChI=1S/C57H81N15O17/c1-30(2)24-40(50(83)69-42(27-33-14-18-35(75)19-15-33)51(84)65-37(10-6-22-63-56(59)60)48(81)67-39(55(88)89)11-7-23-64-57(61)62)68-53(86)43(28-46(78)79)71-49(82)38(20-21-45(76)77)66-52(85)41(26-31-8-4-3-5-9-31)70-54(87)44(29-73)72-47(80)36(58)25-32-12-16-34(74)17-13-32/h3-5,8-9,12-19,30,36-44,73-75H,6-7,10-11,20-29,58H2,1-2H3,(H,65,84)(H,66,85)(H,67,81)(H,68,86)(H,69,83)(H,70,87)(H,71,82)(H,72,80)(H,76,77)(H,78,79)(H,88,89)(H4,59,60,63)(H4,61,62,64)/t36-,37-,38-,39-,40-,41-,42-,43-,44-/m0/s1. The van der Waals surface area contributed by atoms with Crippen molar-refractivity contribution < 1.29 is 83.4 Å². The molecule has 0 unspecified atom stereocenters. The number of carboxylic acid groups (broad SMARTS) is 3. The Morgan fingerprint density at radius 2 is 0.809 bits per heavy atom. The predicted octanol–water partition coefficient (Wildman–Crippen LogP) is -4.10. The smallest absolute Gasteiger partial charge is 0.326 e. The summed E-state index contributed by atoms with van der Waals surface area (Å²) in [6.07, 6.45) is -3.54. The fourth-order valence-corrected chi connectivity index (χ4v) is 8.65. The summed E-state index contributed by atoms with van der Waals surface area (Å²) < 4.78 is 0. The number of nitrogens with one attached hydrogen (secondary N) is 8. The molecule has 0 fully saturated rings. The highest BCUT2D eigenvalue weighted by Crippen LogP contribution is 2.16. The summed E-state index contributed by atoms with van der Waals surface area (Å²) in [5.74, 6) is -14.3. The molecule has 0 saturated carbocycles. The number of phenols is 2. The Morgan fingerprint density at radius 3 is 1.26 bits per heavy atom. The van der Waals surface area contributed by atoms with Crippen LogP contribution in [0.3, 0.4) is 0 Å². The fraction of sp³-hybridized carbons (Fsp3) is 0.456. The van der Waals surface area contributed by atoms with Crippen molar-refractivity contribution in [1.82, 2.24) is 42.5 Å². The maximum atomic E-state index is 14.5. The van der Waals surface area contributed by atoms with Crippen molar-refractivity contribution in [2.24, 2.45) is 44.6 Å². The van der Waals surface area contributed by atoms with E-state index in [1.807, 2.05) is 0 Å². The van der Waals surface area contributed by atoms with Crippen molar-refractivity contribution in [1.29, 1.82) is 0 Å². The van der Waals surface area contributed by atoms with Crippen LogP contribution in [0.2, 0.25) is 0 Å². The number of aliphatic carboxylic acids is 3. The zero-order chi connectivity index (χ0) is 66.3. The molecule has 3 aromatic carbocycles. The minimum atomic E-state index is -2.05. The highest BCUT2D eigenvalue weighted by Gasteiger charge is 2.36. The molecule has 0 aromatic heterocycles. The Kier molecular flexibility index (Phi) is 30.8. The van der Waals surface area contributed by atoms with Crippen LogP contribution in [0.15, 0.2) is 88.8 Å². The maximum Gasteiger partial charge on any atom is 0.326 e. The van der Waals surface area contributed by atoms with Crippen LogP contribution in [-0.2, 0) is 72.0 Å². The molecule has 8 amide bonds. The number of hydrogen-bond acceptors (Lipinski definition) is 17. The maximum absolute atomic E-state index is 14.5. The molecule has 0 aliphatic carbocycles. The zero-order valence-corrected chi connectivity index (χ0v) is 49.1. The molecule has 0 bridgehead atoms. The van der Waals surface area contributed by atoms with Gasteiger partial charge < -0.3 is 102 Å². The van der Waals surface area contributed by atoms with Crippen LogP contribution in [0.1, 0.15) is 81.9 Å². The van der Waals surface area contributed by atoms with Gasteiger partial charge in [-0.05, 0) is 91.8 Å². The number of carbonyl (C=O) groups excluding carboxylic acids is 8. The number of nitrogens with two attached hydrogens (primary N) is 5. The first-order valence-electron chi connectivity index (χ1n) is 28.2. The number of rotatable bonds is 39. The van der Waals surface area contributed by atoms with Crippen molar-refractivity contribution in [2.45, 2.75) is 139 Å². The van der Waals surface area contributed by atoms with Gasteiger partial charge in [0.1, 0.15) is 59.8 Å². The van der Waals surface area contributed by atoms with Gasteiger partial charge in [-0.1, -0.05) is 68.4 Å². The van der Waals surface area contributed by atoms with Crippen molar-refractivity contribution in [2.75, 3.05) is 19.7 Å². The average Bonchev–Trinajstić information content (AvgIpc) is 3.66. The lowest BCUT2D eigenvalue weighted by atomic mass is 10.00. The number of guanidine groups is 2. The largest absolute Gasteiger partial charge is 0.508 e. The molecule has 9 atom stereocenters. The number of aliphatic hydroxyl groups is 1. The molecule has 0 aliphatic heterocycles. The highest BCUT2D eigenvalue weighted by atomic mass is 16.4. The highest BCUT2D eigenvalue weighted by molar-refractivity contribution is 5.99. The molecule has 0 radical (unpaired) electrons. The van der Waals surface area contributed by atoms with Crippen molar-refractivity contribution >= 4 is 77.1 Å². The van der Waals surface area contributed by atoms with E-state index in [2.05, 4.69) is 52.5 Å². The molecular weight excluding hydrogens is 1170 g/mol. The molecule has 486 valence electrons. The number of aromatic hydroxyl groups is 2. The van der Waals surface area contributed by atoms with Crippen LogP contribution in [0, 0.1) is 5.92 Å². The molecule has 0 aliphatic rings. The lowest BCUT2D eigenvalue weighted by molar-refractivity contribution is -0.143. The van der Waals surface area contributed by atoms with E-state index in [0.717, 1.165) is 0 Å². The predicted molar refractivity (Wildman–Crippen MR) is 320 cm³/mol. The van der Waals surface area contributed by atoms with E-state index in [9.17, 15) is 83.4 Å². The van der Waals surface area contributed by atoms with E-state index in [4.69, 9.17) is 28.7 Å². The van der Waals surface area contributed by atoms with E-state index >= 15 is 0 Å². The van der Waals surface area contributed by atoms with Crippen molar-refractivity contribution in [3.05, 3.63) is 95.6 Å². The third kappa shape index (κ3) is 27.9. The monoisotopic (exact) mass is 1250 g/mol. The van der Waals surface area contributed by atoms with Gasteiger partial charge in [0.2, 0.25) is 47.3 Å². The summed E-state index contributed by atoms with van der Waals surface area (Å²) in [7, 11) is 0. The van der Waals surface area contributed by atoms with E-state index in [0.29, 0.717) is 16.7 Å². The molecule has 0 saturated heterocycles. The van der Waals surface area contributed by atoms with Gasteiger partial charge in [0.15, 0.2) is 11.9 Å². The molecule has 0 heterocycles. The SMILES string of the molecule is CC(C)C[C@H](NC(=O)[C@H](CC(=O)O)NC(=O)[C@H](CCC(=O)O)NC(=O)[C@H](Cc1ccccc1)NC(=O)[C@H](CO)NC(=O)[C@@H](N)Cc1ccc(O)cc1)C(=O)N[C@@H](Cc1ccc(O)cc1)C(=O)N[C@@H](CCCN=C(N)N)C(=O)N[C@@H](CCCN=C(N)N)C(=O)O. The van der Waals surface area contributed by atoms with E-state index in [1.54, 1.807) is 44.2 Å². The normalized spacial score (nSPS) is 13.9. The number of amides is 8. The number of aliphatic imine (C=N–C) groups is 2. The number of carbonyl (C=O) groups is 11. The summed E-state index contributed by atoms with van der Waals surface area (Å²) >= 11 is 0. The van der Waals surface area contributed by atoms with Crippen LogP contribution >= 0.6 is 0 Å². The van der Waals surface area contributed by atoms with Gasteiger partial charge in [-0.3, -0.25) is 57.9 Å². The molecule has 89 heavy (non-hydrogen) atoms. The van der Waals surface area contributed by atoms with Gasteiger partial charge in [0.25, 0.3) is 0 Å². The van der Waals surface area contributed by atoms with E-state index < -0.39 is 151 Å². The van der Waals surface area contributed by atoms with Gasteiger partial charge in [0, 0.05) is 32.4 Å². The van der Waals surface area contributed by atoms with Crippen LogP contribution < -0.4 is 71.2 Å². The Balaban J connectivity index is 1.95. The van der Waals surface area contributed by atoms with Gasteiger partial charge in [-0.2, -0.15) is 0 Å². The minimum Gasteiger partial charge on any atom is -0.508 e. The molecule has 0 spiro atoms. The molecule has 32 heteroatoms. The third-order valence-electron chi connectivity index (χ3n) is 13.2. The summed E-state index contributed by atoms with van der Waals surface area (Å²) in [6, 6.07) is 4.67. The third-order valence-corrected chi connectivity index (χ3v) is 13.2. The lowest BCUT2D eigenvalue weighted by Crippen LogP contribution is -2.61. The van der Waals surface area contributed by atoms with Crippen LogP contribution in [0.5, 0.6) is 11.5 Å². The Labute approximate surface area is 511 Å². The number of hydrogen-bond donors (Lipinski definition) is 19. The van der Waals surface area contributed by atoms with E-state index in [-0.39, 0.29) is 87.9 Å². The lowest BCUT2D eigenvalue weighted by Gasteiger charge is -2.28. The molecule has 3 rings (SSSR count). The Bertz CT molecular complexity index is 2940. The number of phenolic OH excluding ortho intramolecular Hbond substituents is 2. The van der Waals surface area contributed by atoms with Gasteiger partial charge >= 0.3 is 17.9 Å². The number of nitrogens with zero attached hydrogens (tertiary/aromatic N) is 2.